The molecule has 2 aromatic rings. The number of esters is 4. The summed E-state index contributed by atoms with van der Waals surface area (Å²) in [6.07, 6.45) is 0.328. The van der Waals surface area contributed by atoms with Crippen LogP contribution in [-0.4, -0.2) is 52.3 Å². The SMILES string of the molecule is COC(=O)C(C(=O)OC)C1Cc2ccc(C)cc2C(C(C(=O)OC)C(=O)OC)C1c1ccc(C)cc1. The van der Waals surface area contributed by atoms with E-state index in [1.165, 1.54) is 28.4 Å². The van der Waals surface area contributed by atoms with Crippen molar-refractivity contribution < 1.29 is 38.1 Å². The van der Waals surface area contributed by atoms with Gasteiger partial charge in [-0.2, -0.15) is 0 Å². The molecule has 3 unspecified atom stereocenters. The van der Waals surface area contributed by atoms with Gasteiger partial charge in [0.25, 0.3) is 0 Å². The number of methoxy groups -OCH3 is 4. The van der Waals surface area contributed by atoms with Gasteiger partial charge in [-0.3, -0.25) is 19.2 Å². The zero-order valence-electron chi connectivity index (χ0n) is 21.4. The maximum absolute atomic E-state index is 13.1. The molecule has 0 aliphatic heterocycles. The molecule has 0 amide bonds. The topological polar surface area (TPSA) is 105 Å². The van der Waals surface area contributed by atoms with Crippen molar-refractivity contribution in [2.24, 2.45) is 17.8 Å². The average molecular weight is 497 g/mol. The van der Waals surface area contributed by atoms with Gasteiger partial charge in [-0.1, -0.05) is 53.6 Å². The summed E-state index contributed by atoms with van der Waals surface area (Å²) in [6.45, 7) is 3.86. The van der Waals surface area contributed by atoms with E-state index >= 15 is 0 Å². The number of aryl methyl sites for hydroxylation is 2. The van der Waals surface area contributed by atoms with Crippen molar-refractivity contribution in [2.45, 2.75) is 32.1 Å². The molecule has 8 nitrogen and oxygen atoms in total. The van der Waals surface area contributed by atoms with Gasteiger partial charge in [0.2, 0.25) is 0 Å². The minimum Gasteiger partial charge on any atom is -0.468 e. The van der Waals surface area contributed by atoms with Gasteiger partial charge >= 0.3 is 23.9 Å². The van der Waals surface area contributed by atoms with Crippen LogP contribution in [0.15, 0.2) is 42.5 Å². The third-order valence-electron chi connectivity index (χ3n) is 7.03. The summed E-state index contributed by atoms with van der Waals surface area (Å²) in [6, 6.07) is 13.3. The van der Waals surface area contributed by atoms with Gasteiger partial charge < -0.3 is 18.9 Å². The Bertz CT molecular complexity index is 1100. The van der Waals surface area contributed by atoms with Crippen LogP contribution in [-0.2, 0) is 44.5 Å². The first-order chi connectivity index (χ1) is 17.2. The van der Waals surface area contributed by atoms with Crippen LogP contribution in [0.1, 0.15) is 39.7 Å². The molecular formula is C28H32O8. The van der Waals surface area contributed by atoms with Crippen molar-refractivity contribution in [3.63, 3.8) is 0 Å². The van der Waals surface area contributed by atoms with E-state index in [2.05, 4.69) is 0 Å². The van der Waals surface area contributed by atoms with Gasteiger partial charge in [0.15, 0.2) is 11.8 Å². The van der Waals surface area contributed by atoms with Crippen molar-refractivity contribution in [1.29, 1.82) is 0 Å². The van der Waals surface area contributed by atoms with Crippen molar-refractivity contribution in [3.8, 4) is 0 Å². The summed E-state index contributed by atoms with van der Waals surface area (Å²) in [5, 5.41) is 0. The number of hydrogen-bond donors (Lipinski definition) is 0. The summed E-state index contributed by atoms with van der Waals surface area (Å²) in [5.74, 6) is -7.69. The lowest BCUT2D eigenvalue weighted by atomic mass is 9.59. The third-order valence-corrected chi connectivity index (χ3v) is 7.03. The molecule has 0 radical (unpaired) electrons. The average Bonchev–Trinajstić information content (AvgIpc) is 2.89. The number of carbonyl (C=O) groups is 4. The standard InChI is InChI=1S/C28H32O8/c1-15-7-10-17(11-8-15)21-20(23(25(29)33-3)26(30)34-4)14-18-12-9-16(2)13-19(18)22(21)24(27(31)35-5)28(32)36-6/h7-13,20-24H,14H2,1-6H3. The summed E-state index contributed by atoms with van der Waals surface area (Å²) in [4.78, 5) is 52.1. The first kappa shape index (κ1) is 26.9. The van der Waals surface area contributed by atoms with Crippen LogP contribution in [0.2, 0.25) is 0 Å². The lowest BCUT2D eigenvalue weighted by Gasteiger charge is -2.43. The molecular weight excluding hydrogens is 464 g/mol. The molecule has 36 heavy (non-hydrogen) atoms. The number of rotatable bonds is 7. The second-order valence-corrected chi connectivity index (χ2v) is 9.08. The van der Waals surface area contributed by atoms with Crippen molar-refractivity contribution in [1.82, 2.24) is 0 Å². The number of fused-ring (bicyclic) bond motifs is 1. The molecule has 0 saturated heterocycles. The molecule has 8 heteroatoms. The molecule has 0 aromatic heterocycles. The fourth-order valence-electron chi connectivity index (χ4n) is 5.35. The minimum atomic E-state index is -1.33. The summed E-state index contributed by atoms with van der Waals surface area (Å²) >= 11 is 0. The lowest BCUT2D eigenvalue weighted by Crippen LogP contribution is -2.45. The van der Waals surface area contributed by atoms with Gasteiger partial charge in [0, 0.05) is 5.92 Å². The van der Waals surface area contributed by atoms with Gasteiger partial charge in [-0.05, 0) is 48.8 Å². The molecule has 1 aliphatic carbocycles. The second-order valence-electron chi connectivity index (χ2n) is 9.08. The van der Waals surface area contributed by atoms with Crippen molar-refractivity contribution in [3.05, 3.63) is 70.3 Å². The van der Waals surface area contributed by atoms with E-state index in [4.69, 9.17) is 18.9 Å². The zero-order chi connectivity index (χ0) is 26.6. The molecule has 0 bridgehead atoms. The molecule has 1 aliphatic rings. The Morgan fingerprint density at radius 2 is 1.17 bits per heavy atom. The third kappa shape index (κ3) is 5.12. The quantitative estimate of drug-likeness (QED) is 0.327. The highest BCUT2D eigenvalue weighted by Crippen LogP contribution is 2.52. The fraction of sp³-hybridized carbons (Fsp3) is 0.429. The Kier molecular flexibility index (Phi) is 8.50. The molecule has 192 valence electrons. The van der Waals surface area contributed by atoms with Gasteiger partial charge in [0.1, 0.15) is 0 Å². The van der Waals surface area contributed by atoms with E-state index in [1.54, 1.807) is 0 Å². The van der Waals surface area contributed by atoms with Gasteiger partial charge in [0.05, 0.1) is 28.4 Å². The first-order valence-electron chi connectivity index (χ1n) is 11.7. The van der Waals surface area contributed by atoms with E-state index in [9.17, 15) is 19.2 Å². The maximum atomic E-state index is 13.1. The van der Waals surface area contributed by atoms with E-state index < -0.39 is 53.5 Å². The summed E-state index contributed by atoms with van der Waals surface area (Å²) in [5.41, 5.74) is 4.29. The fourth-order valence-corrected chi connectivity index (χ4v) is 5.35. The van der Waals surface area contributed by atoms with Crippen LogP contribution in [0, 0.1) is 31.6 Å². The van der Waals surface area contributed by atoms with E-state index in [0.717, 1.165) is 27.8 Å². The predicted molar refractivity (Wildman–Crippen MR) is 130 cm³/mol. The summed E-state index contributed by atoms with van der Waals surface area (Å²) in [7, 11) is 4.84. The molecule has 0 heterocycles. The van der Waals surface area contributed by atoms with E-state index in [1.807, 2.05) is 56.3 Å². The number of hydrogen-bond acceptors (Lipinski definition) is 8. The molecule has 3 rings (SSSR count). The Labute approximate surface area is 210 Å². The molecule has 0 saturated carbocycles. The normalized spacial score (nSPS) is 18.8. The highest BCUT2D eigenvalue weighted by Gasteiger charge is 2.53. The van der Waals surface area contributed by atoms with Crippen LogP contribution < -0.4 is 0 Å². The van der Waals surface area contributed by atoms with Gasteiger partial charge in [-0.25, -0.2) is 0 Å². The monoisotopic (exact) mass is 496 g/mol. The number of benzene rings is 2. The van der Waals surface area contributed by atoms with E-state index in [-0.39, 0.29) is 0 Å². The second kappa shape index (κ2) is 11.4. The molecule has 0 fully saturated rings. The minimum absolute atomic E-state index is 0.328. The number of ether oxygens (including phenoxy) is 4. The predicted octanol–water partition coefficient (Wildman–Crippen LogP) is 3.27. The van der Waals surface area contributed by atoms with Crippen LogP contribution in [0.25, 0.3) is 0 Å². The van der Waals surface area contributed by atoms with E-state index in [0.29, 0.717) is 6.42 Å². The highest BCUT2D eigenvalue weighted by molar-refractivity contribution is 5.97. The van der Waals surface area contributed by atoms with Crippen LogP contribution in [0.5, 0.6) is 0 Å². The van der Waals surface area contributed by atoms with Crippen molar-refractivity contribution in [2.75, 3.05) is 28.4 Å². The Hall–Kier alpha value is -3.68. The Morgan fingerprint density at radius 1 is 0.694 bits per heavy atom. The molecule has 0 spiro atoms. The van der Waals surface area contributed by atoms with Gasteiger partial charge in [-0.15, -0.1) is 0 Å². The Balaban J connectivity index is 2.38. The van der Waals surface area contributed by atoms with Crippen LogP contribution in [0.4, 0.5) is 0 Å². The van der Waals surface area contributed by atoms with Crippen LogP contribution in [0.3, 0.4) is 0 Å². The Morgan fingerprint density at radius 3 is 1.67 bits per heavy atom. The maximum Gasteiger partial charge on any atom is 0.320 e. The summed E-state index contributed by atoms with van der Waals surface area (Å²) < 4.78 is 20.1. The lowest BCUT2D eigenvalue weighted by molar-refractivity contribution is -0.162. The number of carbonyl (C=O) groups excluding carboxylic acids is 4. The van der Waals surface area contributed by atoms with Crippen LogP contribution >= 0.6 is 0 Å². The largest absolute Gasteiger partial charge is 0.468 e. The molecule has 2 aromatic carbocycles. The van der Waals surface area contributed by atoms with Crippen molar-refractivity contribution >= 4 is 23.9 Å². The first-order valence-corrected chi connectivity index (χ1v) is 11.7. The zero-order valence-corrected chi connectivity index (χ0v) is 21.4. The molecule has 0 N–H and O–H groups in total. The smallest absolute Gasteiger partial charge is 0.320 e. The highest BCUT2D eigenvalue weighted by atomic mass is 16.5. The molecule has 3 atom stereocenters.